The van der Waals surface area contributed by atoms with Gasteiger partial charge in [0, 0.05) is 0 Å². The molecule has 0 bridgehead atoms. The monoisotopic (exact) mass is 384 g/mol. The number of aliphatic hydroxyl groups is 4. The Hall–Kier alpha value is -1.02. The van der Waals surface area contributed by atoms with Crippen LogP contribution in [0, 0.1) is 0 Å². The van der Waals surface area contributed by atoms with Gasteiger partial charge in [-0.2, -0.15) is 0 Å². The van der Waals surface area contributed by atoms with Gasteiger partial charge in [-0.1, -0.05) is 29.4 Å². The van der Waals surface area contributed by atoms with E-state index in [0.29, 0.717) is 6.42 Å². The van der Waals surface area contributed by atoms with Crippen LogP contribution in [0.2, 0.25) is 0 Å². The molecule has 0 radical (unpaired) electrons. The number of rotatable bonds is 10. The molecule has 1 fully saturated rings. The van der Waals surface area contributed by atoms with Crippen LogP contribution in [0.25, 0.3) is 0 Å². The van der Waals surface area contributed by atoms with Gasteiger partial charge in [-0.3, -0.25) is 0 Å². The Morgan fingerprint density at radius 3 is 2.30 bits per heavy atom. The van der Waals surface area contributed by atoms with Gasteiger partial charge in [0.05, 0.1) is 12.2 Å². The number of hydrogen-bond donors (Lipinski definition) is 4. The molecular weight excluding hydrogens is 348 g/mol. The standard InChI is InChI=1S/C21H36O6/c1-6-21(5,12-8-11-15(4)10-7-9-14(2)3)27-20-19(25)18(24)17(23)16(13-22)26-20/h6,9,11,16-20,22-25H,1,7-8,10,12-13H2,2-5H3. The van der Waals surface area contributed by atoms with Crippen LogP contribution in [0.1, 0.15) is 53.4 Å². The maximum Gasteiger partial charge on any atom is 0.187 e. The Kier molecular flexibility index (Phi) is 9.87. The molecule has 6 nitrogen and oxygen atoms in total. The molecule has 6 unspecified atom stereocenters. The Balaban J connectivity index is 2.64. The van der Waals surface area contributed by atoms with Crippen LogP contribution in [0.4, 0.5) is 0 Å². The van der Waals surface area contributed by atoms with Crippen molar-refractivity contribution in [2.45, 2.75) is 89.7 Å². The van der Waals surface area contributed by atoms with E-state index in [4.69, 9.17) is 9.47 Å². The van der Waals surface area contributed by atoms with E-state index < -0.39 is 42.9 Å². The minimum absolute atomic E-state index is 0.483. The van der Waals surface area contributed by atoms with Gasteiger partial charge < -0.3 is 29.9 Å². The second-order valence-electron chi connectivity index (χ2n) is 7.74. The van der Waals surface area contributed by atoms with Crippen molar-refractivity contribution >= 4 is 0 Å². The average molecular weight is 385 g/mol. The van der Waals surface area contributed by atoms with E-state index in [1.807, 2.05) is 6.92 Å². The van der Waals surface area contributed by atoms with Crippen molar-refractivity contribution in [3.8, 4) is 0 Å². The normalized spacial score (nSPS) is 31.3. The molecule has 0 aliphatic carbocycles. The van der Waals surface area contributed by atoms with Crippen LogP contribution in [0.3, 0.4) is 0 Å². The largest absolute Gasteiger partial charge is 0.394 e. The SMILES string of the molecule is C=CC(C)(CCC=C(C)CCC=C(C)C)OC1OC(CO)C(O)C(O)C1O. The lowest BCUT2D eigenvalue weighted by Gasteiger charge is -2.42. The summed E-state index contributed by atoms with van der Waals surface area (Å²) in [4.78, 5) is 0. The third-order valence-electron chi connectivity index (χ3n) is 4.89. The zero-order valence-corrected chi connectivity index (χ0v) is 17.0. The topological polar surface area (TPSA) is 99.4 Å². The van der Waals surface area contributed by atoms with Gasteiger partial charge in [0.2, 0.25) is 0 Å². The van der Waals surface area contributed by atoms with Crippen LogP contribution >= 0.6 is 0 Å². The average Bonchev–Trinajstić information content (AvgIpc) is 2.62. The maximum absolute atomic E-state index is 10.1. The van der Waals surface area contributed by atoms with Crippen molar-refractivity contribution in [2.75, 3.05) is 6.61 Å². The number of hydrogen-bond acceptors (Lipinski definition) is 6. The molecule has 0 aromatic carbocycles. The Morgan fingerprint density at radius 1 is 1.07 bits per heavy atom. The van der Waals surface area contributed by atoms with Gasteiger partial charge in [-0.25, -0.2) is 0 Å². The lowest BCUT2D eigenvalue weighted by molar-refractivity contribution is -0.319. The van der Waals surface area contributed by atoms with Gasteiger partial charge in [-0.05, 0) is 53.4 Å². The fourth-order valence-corrected chi connectivity index (χ4v) is 2.93. The van der Waals surface area contributed by atoms with E-state index >= 15 is 0 Å². The smallest absolute Gasteiger partial charge is 0.187 e. The fourth-order valence-electron chi connectivity index (χ4n) is 2.93. The van der Waals surface area contributed by atoms with Crippen LogP contribution in [0.5, 0.6) is 0 Å². The summed E-state index contributed by atoms with van der Waals surface area (Å²) in [6.45, 7) is 11.4. The summed E-state index contributed by atoms with van der Waals surface area (Å²) in [5.41, 5.74) is 1.83. The van der Waals surface area contributed by atoms with Crippen LogP contribution in [-0.4, -0.2) is 63.3 Å². The molecule has 1 aliphatic rings. The lowest BCUT2D eigenvalue weighted by Crippen LogP contribution is -2.60. The van der Waals surface area contributed by atoms with Crippen LogP contribution in [0.15, 0.2) is 36.0 Å². The summed E-state index contributed by atoms with van der Waals surface area (Å²) in [5.74, 6) is 0. The van der Waals surface area contributed by atoms with E-state index in [-0.39, 0.29) is 0 Å². The molecule has 1 rings (SSSR count). The third kappa shape index (κ3) is 7.49. The zero-order chi connectivity index (χ0) is 20.6. The van der Waals surface area contributed by atoms with Crippen molar-refractivity contribution in [2.24, 2.45) is 0 Å². The molecule has 156 valence electrons. The van der Waals surface area contributed by atoms with E-state index in [9.17, 15) is 20.4 Å². The summed E-state index contributed by atoms with van der Waals surface area (Å²) in [7, 11) is 0. The van der Waals surface area contributed by atoms with Crippen molar-refractivity contribution in [1.82, 2.24) is 0 Å². The Morgan fingerprint density at radius 2 is 1.74 bits per heavy atom. The van der Waals surface area contributed by atoms with Crippen LogP contribution < -0.4 is 0 Å². The Bertz CT molecular complexity index is 523. The second kappa shape index (κ2) is 11.1. The quantitative estimate of drug-likeness (QED) is 0.431. The third-order valence-corrected chi connectivity index (χ3v) is 4.89. The molecule has 1 aliphatic heterocycles. The highest BCUT2D eigenvalue weighted by atomic mass is 16.7. The minimum Gasteiger partial charge on any atom is -0.394 e. The molecule has 27 heavy (non-hydrogen) atoms. The summed E-state index contributed by atoms with van der Waals surface area (Å²) in [6, 6.07) is 0. The zero-order valence-electron chi connectivity index (χ0n) is 17.0. The molecule has 0 spiro atoms. The lowest BCUT2D eigenvalue weighted by atomic mass is 9.96. The molecule has 6 heteroatoms. The first kappa shape index (κ1) is 24.0. The summed E-state index contributed by atoms with van der Waals surface area (Å²) in [5, 5.41) is 39.2. The van der Waals surface area contributed by atoms with E-state index in [1.54, 1.807) is 6.08 Å². The van der Waals surface area contributed by atoms with Gasteiger partial charge in [-0.15, -0.1) is 6.58 Å². The first-order valence-corrected chi connectivity index (χ1v) is 9.54. The first-order chi connectivity index (χ1) is 12.6. The fraction of sp³-hybridized carbons (Fsp3) is 0.714. The number of allylic oxidation sites excluding steroid dienone is 4. The summed E-state index contributed by atoms with van der Waals surface area (Å²) < 4.78 is 11.3. The van der Waals surface area contributed by atoms with E-state index in [2.05, 4.69) is 39.5 Å². The molecule has 1 saturated heterocycles. The van der Waals surface area contributed by atoms with Crippen molar-refractivity contribution in [1.29, 1.82) is 0 Å². The van der Waals surface area contributed by atoms with Gasteiger partial charge in [0.15, 0.2) is 6.29 Å². The van der Waals surface area contributed by atoms with Crippen LogP contribution in [-0.2, 0) is 9.47 Å². The molecule has 0 aromatic heterocycles. The van der Waals surface area contributed by atoms with Gasteiger partial charge >= 0.3 is 0 Å². The van der Waals surface area contributed by atoms with E-state index in [0.717, 1.165) is 19.3 Å². The van der Waals surface area contributed by atoms with Crippen molar-refractivity contribution < 1.29 is 29.9 Å². The first-order valence-electron chi connectivity index (χ1n) is 9.54. The molecule has 1 heterocycles. The van der Waals surface area contributed by atoms with Gasteiger partial charge in [0.1, 0.15) is 24.4 Å². The van der Waals surface area contributed by atoms with Crippen molar-refractivity contribution in [3.05, 3.63) is 36.0 Å². The summed E-state index contributed by atoms with van der Waals surface area (Å²) >= 11 is 0. The molecule has 4 N–H and O–H groups in total. The van der Waals surface area contributed by atoms with Crippen molar-refractivity contribution in [3.63, 3.8) is 0 Å². The minimum atomic E-state index is -1.45. The highest BCUT2D eigenvalue weighted by molar-refractivity contribution is 5.04. The molecule has 0 saturated carbocycles. The number of aliphatic hydroxyl groups excluding tert-OH is 4. The maximum atomic E-state index is 10.1. The highest BCUT2D eigenvalue weighted by Gasteiger charge is 2.45. The molecular formula is C21H36O6. The molecule has 0 amide bonds. The highest BCUT2D eigenvalue weighted by Crippen LogP contribution is 2.29. The molecule has 6 atom stereocenters. The number of ether oxygens (including phenoxy) is 2. The van der Waals surface area contributed by atoms with E-state index in [1.165, 1.54) is 11.1 Å². The Labute approximate surface area is 162 Å². The molecule has 0 aromatic rings. The summed E-state index contributed by atoms with van der Waals surface area (Å²) in [6.07, 6.45) is 3.01. The predicted octanol–water partition coefficient (Wildman–Crippen LogP) is 2.22. The second-order valence-corrected chi connectivity index (χ2v) is 7.74. The van der Waals surface area contributed by atoms with Gasteiger partial charge in [0.25, 0.3) is 0 Å². The predicted molar refractivity (Wildman–Crippen MR) is 105 cm³/mol.